The Bertz CT molecular complexity index is 3320. The minimum Gasteiger partial charge on any atom is -0.744 e. The van der Waals surface area contributed by atoms with Crippen LogP contribution in [0.15, 0.2) is 130 Å². The van der Waals surface area contributed by atoms with Crippen LogP contribution in [0.2, 0.25) is 0 Å². The van der Waals surface area contributed by atoms with E-state index in [2.05, 4.69) is 20.5 Å². The molecule has 0 atom stereocenters. The Morgan fingerprint density at radius 3 is 1.23 bits per heavy atom. The van der Waals surface area contributed by atoms with Crippen LogP contribution in [0.25, 0.3) is 32.3 Å². The second-order valence-electron chi connectivity index (χ2n) is 11.3. The SMILES string of the molecule is O=S(=O)([O-])c1ccc2c(N=Nc3ccc(N=Nc4c(O)c(S(=O)(=O)[O-])cc5cc(S(=O)(=O)[O-])ccc45)c4ccc(S(=O)(=O)[O-])cc34)cc(S(=O)(=O)[O-])cc2c1.[Na+].[Na+].[Na+].[Na+].[Na+]. The Kier molecular flexibility index (Phi) is 20.5. The zero-order valence-electron chi connectivity index (χ0n) is 31.5. The number of fused-ring (bicyclic) bond motifs is 3. The van der Waals surface area contributed by atoms with Crippen LogP contribution in [0, 0.1) is 0 Å². The zero-order valence-corrected chi connectivity index (χ0v) is 45.6. The van der Waals surface area contributed by atoms with Crippen LogP contribution >= 0.6 is 0 Å². The first-order valence-electron chi connectivity index (χ1n) is 14.4. The summed E-state index contributed by atoms with van der Waals surface area (Å²) in [6.45, 7) is 0. The zero-order chi connectivity index (χ0) is 40.5. The fourth-order valence-electron chi connectivity index (χ4n) is 5.30. The van der Waals surface area contributed by atoms with Crippen LogP contribution in [0.3, 0.4) is 0 Å². The molecule has 6 rings (SSSR count). The van der Waals surface area contributed by atoms with Gasteiger partial charge in [-0.2, -0.15) is 0 Å². The van der Waals surface area contributed by atoms with Gasteiger partial charge in [0.15, 0.2) is 5.75 Å². The molecule has 0 saturated carbocycles. The molecule has 0 radical (unpaired) electrons. The third-order valence-electron chi connectivity index (χ3n) is 7.79. The van der Waals surface area contributed by atoms with E-state index in [4.69, 9.17) is 0 Å². The van der Waals surface area contributed by atoms with Gasteiger partial charge in [0.05, 0.1) is 41.5 Å². The van der Waals surface area contributed by atoms with Gasteiger partial charge in [0.2, 0.25) is 0 Å². The van der Waals surface area contributed by atoms with Gasteiger partial charge in [0.1, 0.15) is 56.3 Å². The molecule has 1 N–H and O–H groups in total. The summed E-state index contributed by atoms with van der Waals surface area (Å²) in [5, 5.41) is 25.7. The summed E-state index contributed by atoms with van der Waals surface area (Å²) in [7, 11) is -25.8. The van der Waals surface area contributed by atoms with Crippen molar-refractivity contribution in [3.05, 3.63) is 84.9 Å². The Morgan fingerprint density at radius 2 is 0.750 bits per heavy atom. The van der Waals surface area contributed by atoms with Gasteiger partial charge in [-0.05, 0) is 77.5 Å². The molecule has 20 nitrogen and oxygen atoms in total. The van der Waals surface area contributed by atoms with Gasteiger partial charge in [-0.15, -0.1) is 20.5 Å². The predicted molar refractivity (Wildman–Crippen MR) is 182 cm³/mol. The van der Waals surface area contributed by atoms with Crippen molar-refractivity contribution in [2.45, 2.75) is 24.5 Å². The van der Waals surface area contributed by atoms with Crippen molar-refractivity contribution in [3.8, 4) is 5.75 Å². The van der Waals surface area contributed by atoms with E-state index in [-0.39, 0.29) is 197 Å². The second-order valence-corrected chi connectivity index (χ2v) is 18.1. The van der Waals surface area contributed by atoms with Gasteiger partial charge in [0.25, 0.3) is 0 Å². The summed E-state index contributed by atoms with van der Waals surface area (Å²) in [5.74, 6) is -1.20. The number of azo groups is 2. The molecule has 6 aromatic carbocycles. The van der Waals surface area contributed by atoms with Gasteiger partial charge in [0, 0.05) is 21.5 Å². The average Bonchev–Trinajstić information content (AvgIpc) is 3.07. The quantitative estimate of drug-likeness (QED) is 0.0799. The molecular formula is C30H15N4Na5O16S5. The van der Waals surface area contributed by atoms with E-state index in [1.165, 1.54) is 6.07 Å². The molecule has 30 heteroatoms. The summed E-state index contributed by atoms with van der Waals surface area (Å²) in [4.78, 5) is -4.47. The molecule has 0 fully saturated rings. The van der Waals surface area contributed by atoms with Crippen molar-refractivity contribution < 1.29 is 218 Å². The van der Waals surface area contributed by atoms with Crippen LogP contribution in [0.4, 0.5) is 22.7 Å². The molecule has 60 heavy (non-hydrogen) atoms. The summed E-state index contributed by atoms with van der Waals surface area (Å²) < 4.78 is 177. The van der Waals surface area contributed by atoms with Crippen molar-refractivity contribution in [2.24, 2.45) is 20.5 Å². The number of aromatic hydroxyl groups is 1. The molecular weight excluding hydrogens is 948 g/mol. The molecule has 0 spiro atoms. The van der Waals surface area contributed by atoms with Crippen molar-refractivity contribution in [1.29, 1.82) is 0 Å². The van der Waals surface area contributed by atoms with Gasteiger partial charge >= 0.3 is 148 Å². The second kappa shape index (κ2) is 21.3. The van der Waals surface area contributed by atoms with Gasteiger partial charge in [-0.25, -0.2) is 42.1 Å². The topological polar surface area (TPSA) is 356 Å². The molecule has 0 aliphatic carbocycles. The van der Waals surface area contributed by atoms with E-state index in [1.54, 1.807) is 0 Å². The maximum Gasteiger partial charge on any atom is 1.00 e. The van der Waals surface area contributed by atoms with E-state index in [0.29, 0.717) is 6.07 Å². The molecule has 0 bridgehead atoms. The minimum atomic E-state index is -5.43. The first kappa shape index (κ1) is 57.7. The summed E-state index contributed by atoms with van der Waals surface area (Å²) in [6.07, 6.45) is 0. The van der Waals surface area contributed by atoms with Crippen LogP contribution in [-0.2, 0) is 50.6 Å². The minimum absolute atomic E-state index is 0. The number of phenolic OH excluding ortho intramolecular Hbond substituents is 1. The number of hydrogen-bond donors (Lipinski definition) is 1. The maximum absolute atomic E-state index is 11.9. The normalized spacial score (nSPS) is 12.3. The standard InChI is InChI=1S/C30H20N4O16S5.5Na/c35-30-28(55(48,49)50)12-16-10-18(52(39,40)41)2-5-22(16)29(30)34-32-25-7-8-26(24-13-19(53(42,43)44)3-6-23(24)25)31-33-27-14-20(54(45,46)47)11-15-9-17(51(36,37)38)1-4-21(15)27;;;;;/h1-14,35H,(H,36,37,38)(H,39,40,41)(H,42,43,44)(H,45,46,47)(H,48,49,50);;;;;/q;5*+1/p-5. The number of benzene rings is 6. The third kappa shape index (κ3) is 12.9. The average molecular weight is 963 g/mol. The van der Waals surface area contributed by atoms with Crippen molar-refractivity contribution in [3.63, 3.8) is 0 Å². The van der Waals surface area contributed by atoms with Crippen LogP contribution in [0.1, 0.15) is 0 Å². The summed E-state index contributed by atoms with van der Waals surface area (Å²) >= 11 is 0. The molecule has 0 saturated heterocycles. The number of phenols is 1. The number of hydrogen-bond acceptors (Lipinski definition) is 20. The first-order valence-corrected chi connectivity index (χ1v) is 21.4. The molecule has 0 unspecified atom stereocenters. The molecule has 0 aliphatic rings. The van der Waals surface area contributed by atoms with Gasteiger partial charge in [-0.1, -0.05) is 18.2 Å². The van der Waals surface area contributed by atoms with E-state index in [9.17, 15) is 70.0 Å². The van der Waals surface area contributed by atoms with Gasteiger partial charge in [-0.3, -0.25) is 0 Å². The van der Waals surface area contributed by atoms with Crippen molar-refractivity contribution >= 4 is 106 Å². The maximum atomic E-state index is 11.9. The molecule has 0 aromatic heterocycles. The first-order chi connectivity index (χ1) is 25.3. The largest absolute Gasteiger partial charge is 1.00 e. The Hall–Kier alpha value is -0.350. The van der Waals surface area contributed by atoms with Crippen LogP contribution < -0.4 is 148 Å². The number of nitrogens with zero attached hydrogens (tertiary/aromatic N) is 4. The predicted octanol–water partition coefficient (Wildman–Crippen LogP) is -10.8. The summed E-state index contributed by atoms with van der Waals surface area (Å²) in [5.41, 5.74) is -1.41. The molecule has 0 heterocycles. The van der Waals surface area contributed by atoms with E-state index in [1.807, 2.05) is 0 Å². The van der Waals surface area contributed by atoms with E-state index >= 15 is 0 Å². The molecule has 286 valence electrons. The molecule has 0 amide bonds. The van der Waals surface area contributed by atoms with E-state index in [0.717, 1.165) is 72.8 Å². The van der Waals surface area contributed by atoms with Gasteiger partial charge < -0.3 is 27.9 Å². The van der Waals surface area contributed by atoms with Crippen molar-refractivity contribution in [2.75, 3.05) is 0 Å². The summed E-state index contributed by atoms with van der Waals surface area (Å²) in [6, 6.07) is 12.7. The van der Waals surface area contributed by atoms with E-state index < -0.39 is 86.5 Å². The van der Waals surface area contributed by atoms with Crippen molar-refractivity contribution in [1.82, 2.24) is 0 Å². The number of rotatable bonds is 9. The Balaban J connectivity index is 0.00000360. The third-order valence-corrected chi connectivity index (χ3v) is 11.9. The fraction of sp³-hybridized carbons (Fsp3) is 0. The Morgan fingerprint density at radius 1 is 0.367 bits per heavy atom. The molecule has 6 aromatic rings. The molecule has 0 aliphatic heterocycles. The van der Waals surface area contributed by atoms with Crippen LogP contribution in [0.5, 0.6) is 5.75 Å². The Labute approximate surface area is 451 Å². The smallest absolute Gasteiger partial charge is 0.744 e. The monoisotopic (exact) mass is 962 g/mol. The fourth-order valence-corrected chi connectivity index (χ4v) is 7.94. The van der Waals surface area contributed by atoms with Crippen LogP contribution in [-0.4, -0.2) is 70.0 Å².